The molecule has 1 saturated heterocycles. The lowest BCUT2D eigenvalue weighted by molar-refractivity contribution is -0.119. The zero-order chi connectivity index (χ0) is 11.4. The first-order valence-electron chi connectivity index (χ1n) is 5.45. The lowest BCUT2D eigenvalue weighted by Gasteiger charge is -2.11. The van der Waals surface area contributed by atoms with Crippen LogP contribution in [-0.2, 0) is 11.3 Å². The number of nitrogens with two attached hydrogens (primary N) is 1. The monoisotopic (exact) mass is 220 g/mol. The molecule has 1 atom stereocenters. The lowest BCUT2D eigenvalue weighted by atomic mass is 10.2. The Kier molecular flexibility index (Phi) is 3.36. The van der Waals surface area contributed by atoms with Crippen LogP contribution in [-0.4, -0.2) is 23.5 Å². The van der Waals surface area contributed by atoms with E-state index in [4.69, 9.17) is 5.73 Å². The summed E-state index contributed by atoms with van der Waals surface area (Å²) in [5.74, 6) is 0.707. The molecule has 1 amide bonds. The van der Waals surface area contributed by atoms with Gasteiger partial charge in [-0.25, -0.2) is 4.98 Å². The zero-order valence-electron chi connectivity index (χ0n) is 9.07. The number of nitrogen functional groups attached to an aromatic ring is 1. The van der Waals surface area contributed by atoms with Crippen LogP contribution in [0.4, 0.5) is 5.82 Å². The Morgan fingerprint density at radius 1 is 1.62 bits per heavy atom. The summed E-state index contributed by atoms with van der Waals surface area (Å²) in [6, 6.07) is 4.07. The van der Waals surface area contributed by atoms with E-state index < -0.39 is 0 Å². The minimum atomic E-state index is 0.146. The van der Waals surface area contributed by atoms with E-state index in [-0.39, 0.29) is 11.9 Å². The fourth-order valence-electron chi connectivity index (χ4n) is 1.81. The third-order valence-electron chi connectivity index (χ3n) is 2.72. The van der Waals surface area contributed by atoms with Gasteiger partial charge in [-0.1, -0.05) is 6.07 Å². The number of carbonyl (C=O) groups is 1. The highest BCUT2D eigenvalue weighted by atomic mass is 16.1. The van der Waals surface area contributed by atoms with E-state index in [0.29, 0.717) is 18.8 Å². The van der Waals surface area contributed by atoms with Crippen LogP contribution in [0.2, 0.25) is 0 Å². The molecular formula is C11H16N4O. The van der Waals surface area contributed by atoms with Crippen LogP contribution >= 0.6 is 0 Å². The highest BCUT2D eigenvalue weighted by Gasteiger charge is 2.19. The predicted octanol–water partition coefficient (Wildman–Crippen LogP) is 0.0320. The van der Waals surface area contributed by atoms with Crippen LogP contribution in [0.15, 0.2) is 18.3 Å². The van der Waals surface area contributed by atoms with Crippen molar-refractivity contribution in [3.63, 3.8) is 0 Å². The van der Waals surface area contributed by atoms with Crippen molar-refractivity contribution < 1.29 is 4.79 Å². The summed E-state index contributed by atoms with van der Waals surface area (Å²) in [4.78, 5) is 15.0. The maximum Gasteiger partial charge on any atom is 0.220 e. The Morgan fingerprint density at radius 3 is 3.19 bits per heavy atom. The van der Waals surface area contributed by atoms with Gasteiger partial charge in [-0.05, 0) is 12.5 Å². The molecule has 86 valence electrons. The van der Waals surface area contributed by atoms with E-state index in [1.165, 1.54) is 0 Å². The normalized spacial score (nSPS) is 19.8. The summed E-state index contributed by atoms with van der Waals surface area (Å²) in [6.07, 6.45) is 3.23. The van der Waals surface area contributed by atoms with Gasteiger partial charge < -0.3 is 16.4 Å². The molecule has 0 aromatic carbocycles. The molecule has 1 aliphatic heterocycles. The van der Waals surface area contributed by atoms with Gasteiger partial charge in [-0.15, -0.1) is 0 Å². The number of pyridine rings is 1. The van der Waals surface area contributed by atoms with E-state index in [2.05, 4.69) is 15.6 Å². The number of carbonyl (C=O) groups excluding carboxylic acids is 1. The van der Waals surface area contributed by atoms with Gasteiger partial charge in [-0.3, -0.25) is 4.79 Å². The zero-order valence-corrected chi connectivity index (χ0v) is 9.07. The van der Waals surface area contributed by atoms with Crippen molar-refractivity contribution in [2.75, 3.05) is 12.3 Å². The molecule has 1 aliphatic rings. The molecule has 0 spiro atoms. The third kappa shape index (κ3) is 2.70. The van der Waals surface area contributed by atoms with Crippen LogP contribution in [0.5, 0.6) is 0 Å². The minimum Gasteiger partial charge on any atom is -0.383 e. The molecule has 16 heavy (non-hydrogen) atoms. The van der Waals surface area contributed by atoms with E-state index in [0.717, 1.165) is 18.5 Å². The summed E-state index contributed by atoms with van der Waals surface area (Å²) in [6.45, 7) is 1.46. The number of anilines is 1. The first kappa shape index (κ1) is 10.9. The summed E-state index contributed by atoms with van der Waals surface area (Å²) < 4.78 is 0. The molecule has 4 N–H and O–H groups in total. The molecule has 5 nitrogen and oxygen atoms in total. The maximum absolute atomic E-state index is 11.0. The number of hydrogen-bond acceptors (Lipinski definition) is 4. The molecule has 1 aromatic heterocycles. The topological polar surface area (TPSA) is 80.0 Å². The Morgan fingerprint density at radius 2 is 2.50 bits per heavy atom. The fourth-order valence-corrected chi connectivity index (χ4v) is 1.81. The van der Waals surface area contributed by atoms with Crippen LogP contribution in [0.1, 0.15) is 18.4 Å². The van der Waals surface area contributed by atoms with Crippen molar-refractivity contribution in [1.29, 1.82) is 0 Å². The molecule has 1 unspecified atom stereocenters. The Hall–Kier alpha value is -1.62. The van der Waals surface area contributed by atoms with Gasteiger partial charge in [0.05, 0.1) is 0 Å². The molecule has 2 rings (SSSR count). The predicted molar refractivity (Wildman–Crippen MR) is 61.5 cm³/mol. The second-order valence-electron chi connectivity index (χ2n) is 3.98. The van der Waals surface area contributed by atoms with Crippen molar-refractivity contribution in [3.05, 3.63) is 23.9 Å². The molecule has 0 bridgehead atoms. The van der Waals surface area contributed by atoms with Gasteiger partial charge in [0.25, 0.3) is 0 Å². The smallest absolute Gasteiger partial charge is 0.220 e. The number of rotatable bonds is 4. The third-order valence-corrected chi connectivity index (χ3v) is 2.72. The van der Waals surface area contributed by atoms with E-state index in [9.17, 15) is 4.79 Å². The molecule has 0 saturated carbocycles. The van der Waals surface area contributed by atoms with Crippen molar-refractivity contribution in [3.8, 4) is 0 Å². The number of hydrogen-bond donors (Lipinski definition) is 3. The largest absolute Gasteiger partial charge is 0.383 e. The van der Waals surface area contributed by atoms with Crippen LogP contribution in [0, 0.1) is 0 Å². The Balaban J connectivity index is 1.76. The van der Waals surface area contributed by atoms with Gasteiger partial charge in [0.15, 0.2) is 0 Å². The van der Waals surface area contributed by atoms with Crippen LogP contribution in [0.25, 0.3) is 0 Å². The maximum atomic E-state index is 11.0. The van der Waals surface area contributed by atoms with Crippen LogP contribution in [0.3, 0.4) is 0 Å². The van der Waals surface area contributed by atoms with Gasteiger partial charge in [0.2, 0.25) is 5.91 Å². The lowest BCUT2D eigenvalue weighted by Crippen LogP contribution is -2.35. The second-order valence-corrected chi connectivity index (χ2v) is 3.98. The van der Waals surface area contributed by atoms with E-state index >= 15 is 0 Å². The Bertz CT molecular complexity index is 380. The van der Waals surface area contributed by atoms with Gasteiger partial charge >= 0.3 is 0 Å². The minimum absolute atomic E-state index is 0.146. The van der Waals surface area contributed by atoms with Crippen molar-refractivity contribution >= 4 is 11.7 Å². The molecule has 0 radical (unpaired) electrons. The molecular weight excluding hydrogens is 204 g/mol. The van der Waals surface area contributed by atoms with Crippen molar-refractivity contribution in [1.82, 2.24) is 15.6 Å². The molecule has 2 heterocycles. The SMILES string of the molecule is Nc1ncccc1CNCC1CCC(=O)N1. The summed E-state index contributed by atoms with van der Waals surface area (Å²) >= 11 is 0. The first-order valence-corrected chi connectivity index (χ1v) is 5.45. The highest BCUT2D eigenvalue weighted by Crippen LogP contribution is 2.08. The van der Waals surface area contributed by atoms with Crippen molar-refractivity contribution in [2.45, 2.75) is 25.4 Å². The summed E-state index contributed by atoms with van der Waals surface area (Å²) in [5.41, 5.74) is 6.71. The van der Waals surface area contributed by atoms with E-state index in [1.54, 1.807) is 6.20 Å². The van der Waals surface area contributed by atoms with Gasteiger partial charge in [0, 0.05) is 37.3 Å². The molecule has 1 fully saturated rings. The molecule has 1 aromatic rings. The summed E-state index contributed by atoms with van der Waals surface area (Å²) in [5, 5.41) is 6.18. The number of nitrogens with one attached hydrogen (secondary N) is 2. The highest BCUT2D eigenvalue weighted by molar-refractivity contribution is 5.78. The second kappa shape index (κ2) is 4.94. The standard InChI is InChI=1S/C11H16N4O/c12-11-8(2-1-5-14-11)6-13-7-9-3-4-10(16)15-9/h1-2,5,9,13H,3-4,6-7H2,(H2,12,14)(H,15,16). The first-order chi connectivity index (χ1) is 7.75. The Labute approximate surface area is 94.4 Å². The average Bonchev–Trinajstić information content (AvgIpc) is 2.67. The number of amides is 1. The van der Waals surface area contributed by atoms with E-state index in [1.807, 2.05) is 12.1 Å². The molecule has 5 heteroatoms. The average molecular weight is 220 g/mol. The quantitative estimate of drug-likeness (QED) is 0.669. The van der Waals surface area contributed by atoms with Crippen LogP contribution < -0.4 is 16.4 Å². The van der Waals surface area contributed by atoms with Gasteiger partial charge in [-0.2, -0.15) is 0 Å². The summed E-state index contributed by atoms with van der Waals surface area (Å²) in [7, 11) is 0. The van der Waals surface area contributed by atoms with Crippen molar-refractivity contribution in [2.24, 2.45) is 0 Å². The van der Waals surface area contributed by atoms with Gasteiger partial charge in [0.1, 0.15) is 5.82 Å². The number of aromatic nitrogens is 1. The fraction of sp³-hybridized carbons (Fsp3) is 0.455. The molecule has 0 aliphatic carbocycles. The number of nitrogens with zero attached hydrogens (tertiary/aromatic N) is 1.